The lowest BCUT2D eigenvalue weighted by molar-refractivity contribution is -0.122. The lowest BCUT2D eigenvalue weighted by atomic mass is 10.1. The van der Waals surface area contributed by atoms with Gasteiger partial charge in [0.1, 0.15) is 11.3 Å². The minimum Gasteiger partial charge on any atom is -0.493 e. The molecule has 0 atom stereocenters. The topological polar surface area (TPSA) is 123 Å². The zero-order chi connectivity index (χ0) is 30.4. The molecule has 218 valence electrons. The molecule has 1 saturated heterocycles. The molecule has 3 aromatic rings. The maximum Gasteiger partial charge on any atom is 0.335 e. The van der Waals surface area contributed by atoms with Crippen LogP contribution in [0.2, 0.25) is 0 Å². The Labute approximate surface area is 251 Å². The Morgan fingerprint density at radius 3 is 2.48 bits per heavy atom. The number of rotatable bonds is 10. The first-order valence-corrected chi connectivity index (χ1v) is 13.9. The zero-order valence-electron chi connectivity index (χ0n) is 23.6. The van der Waals surface area contributed by atoms with Crippen LogP contribution in [-0.4, -0.2) is 44.1 Å². The number of carbonyl (C=O) groups is 4. The average molecular weight is 636 g/mol. The first-order chi connectivity index (χ1) is 20.1. The number of nitrogens with zero attached hydrogens (tertiary/aromatic N) is 1. The number of barbiturate groups is 1. The number of carbonyl (C=O) groups excluding carboxylic acids is 4. The molecule has 1 fully saturated rings. The van der Waals surface area contributed by atoms with Crippen molar-refractivity contribution in [1.82, 2.24) is 5.32 Å². The highest BCUT2D eigenvalue weighted by atomic mass is 79.9. The summed E-state index contributed by atoms with van der Waals surface area (Å²) in [5.41, 5.74) is 2.81. The van der Waals surface area contributed by atoms with E-state index in [1.54, 1.807) is 24.3 Å². The van der Waals surface area contributed by atoms with Crippen molar-refractivity contribution in [1.29, 1.82) is 0 Å². The van der Waals surface area contributed by atoms with Gasteiger partial charge in [0, 0.05) is 21.8 Å². The molecule has 0 aromatic heterocycles. The van der Waals surface area contributed by atoms with Gasteiger partial charge in [-0.1, -0.05) is 35.0 Å². The molecule has 0 aliphatic carbocycles. The van der Waals surface area contributed by atoms with Crippen LogP contribution in [0, 0.1) is 13.8 Å². The number of hydrogen-bond donors (Lipinski definition) is 2. The van der Waals surface area contributed by atoms with E-state index in [4.69, 9.17) is 14.2 Å². The standard InChI is InChI=1S/C31H30BrN3O7/c1-5-12-41-26-11-9-22(16-27(26)40-4)35-30(38)23(29(37)34-31(35)39)15-20-14-21(32)8-10-25(20)42-17-28(36)33-24-13-18(2)6-7-19(24)3/h6-11,13-16H,5,12,17H2,1-4H3,(H,33,36)(H,34,37,39)/b23-15-. The summed E-state index contributed by atoms with van der Waals surface area (Å²) >= 11 is 3.39. The Morgan fingerprint density at radius 1 is 0.976 bits per heavy atom. The van der Waals surface area contributed by atoms with Gasteiger partial charge in [0.15, 0.2) is 18.1 Å². The first-order valence-electron chi connectivity index (χ1n) is 13.1. The molecular formula is C31H30BrN3O7. The van der Waals surface area contributed by atoms with E-state index in [9.17, 15) is 19.2 Å². The van der Waals surface area contributed by atoms with Crippen LogP contribution in [0.4, 0.5) is 16.2 Å². The molecule has 1 aliphatic rings. The molecular weight excluding hydrogens is 606 g/mol. The van der Waals surface area contributed by atoms with Crippen LogP contribution in [0.15, 0.2) is 64.6 Å². The normalized spacial score (nSPS) is 14.1. The molecule has 1 heterocycles. The third-order valence-electron chi connectivity index (χ3n) is 6.27. The Kier molecular flexibility index (Phi) is 9.64. The van der Waals surface area contributed by atoms with Crippen LogP contribution in [0.1, 0.15) is 30.0 Å². The van der Waals surface area contributed by atoms with E-state index in [1.807, 2.05) is 39.0 Å². The minimum absolute atomic E-state index is 0.186. The number of imide groups is 2. The van der Waals surface area contributed by atoms with Crippen molar-refractivity contribution < 1.29 is 33.4 Å². The van der Waals surface area contributed by atoms with Gasteiger partial charge in [-0.25, -0.2) is 9.69 Å². The fourth-order valence-electron chi connectivity index (χ4n) is 4.14. The van der Waals surface area contributed by atoms with E-state index < -0.39 is 17.8 Å². The van der Waals surface area contributed by atoms with Gasteiger partial charge >= 0.3 is 6.03 Å². The highest BCUT2D eigenvalue weighted by Crippen LogP contribution is 2.34. The number of halogens is 1. The predicted molar refractivity (Wildman–Crippen MR) is 162 cm³/mol. The summed E-state index contributed by atoms with van der Waals surface area (Å²) in [5.74, 6) is -1.05. The van der Waals surface area contributed by atoms with Gasteiger partial charge in [0.05, 0.1) is 19.4 Å². The number of anilines is 2. The number of urea groups is 1. The molecule has 42 heavy (non-hydrogen) atoms. The van der Waals surface area contributed by atoms with E-state index >= 15 is 0 Å². The van der Waals surface area contributed by atoms with Gasteiger partial charge < -0.3 is 19.5 Å². The SMILES string of the molecule is CCCOc1ccc(N2C(=O)NC(=O)/C(=C/c3cc(Br)ccc3OCC(=O)Nc3cc(C)ccc3C)C2=O)cc1OC. The van der Waals surface area contributed by atoms with Gasteiger partial charge in [0.2, 0.25) is 0 Å². The van der Waals surface area contributed by atoms with Crippen LogP contribution < -0.4 is 29.7 Å². The van der Waals surface area contributed by atoms with Gasteiger partial charge in [-0.15, -0.1) is 0 Å². The number of methoxy groups -OCH3 is 1. The van der Waals surface area contributed by atoms with E-state index in [1.165, 1.54) is 25.3 Å². The maximum absolute atomic E-state index is 13.5. The lowest BCUT2D eigenvalue weighted by Crippen LogP contribution is -2.54. The smallest absolute Gasteiger partial charge is 0.335 e. The van der Waals surface area contributed by atoms with Crippen LogP contribution in [0.5, 0.6) is 17.2 Å². The van der Waals surface area contributed by atoms with Crippen molar-refractivity contribution in [3.05, 3.63) is 81.3 Å². The predicted octanol–water partition coefficient (Wildman–Crippen LogP) is 5.55. The summed E-state index contributed by atoms with van der Waals surface area (Å²) in [4.78, 5) is 52.6. The summed E-state index contributed by atoms with van der Waals surface area (Å²) in [6.45, 7) is 5.93. The molecule has 0 radical (unpaired) electrons. The van der Waals surface area contributed by atoms with Gasteiger partial charge in [0.25, 0.3) is 17.7 Å². The zero-order valence-corrected chi connectivity index (χ0v) is 25.2. The fourth-order valence-corrected chi connectivity index (χ4v) is 4.52. The number of nitrogens with one attached hydrogen (secondary N) is 2. The number of benzene rings is 3. The number of ether oxygens (including phenoxy) is 3. The van der Waals surface area contributed by atoms with Crippen molar-refractivity contribution in [3.8, 4) is 17.2 Å². The number of aryl methyl sites for hydroxylation is 2. The highest BCUT2D eigenvalue weighted by Gasteiger charge is 2.37. The first kappa shape index (κ1) is 30.3. The minimum atomic E-state index is -0.903. The molecule has 0 saturated carbocycles. The fraction of sp³-hybridized carbons (Fsp3) is 0.226. The largest absolute Gasteiger partial charge is 0.493 e. The van der Waals surface area contributed by atoms with E-state index in [0.717, 1.165) is 22.4 Å². The van der Waals surface area contributed by atoms with Crippen LogP contribution >= 0.6 is 15.9 Å². The summed E-state index contributed by atoms with van der Waals surface area (Å²) in [6, 6.07) is 14.4. The van der Waals surface area contributed by atoms with E-state index in [2.05, 4.69) is 26.6 Å². The third kappa shape index (κ3) is 6.98. The van der Waals surface area contributed by atoms with Gasteiger partial charge in [-0.3, -0.25) is 19.7 Å². The van der Waals surface area contributed by atoms with Crippen molar-refractivity contribution in [2.75, 3.05) is 30.5 Å². The summed E-state index contributed by atoms with van der Waals surface area (Å²) in [7, 11) is 1.45. The van der Waals surface area contributed by atoms with Gasteiger partial charge in [-0.2, -0.15) is 0 Å². The van der Waals surface area contributed by atoms with Gasteiger partial charge in [-0.05, 0) is 73.9 Å². The molecule has 4 rings (SSSR count). The maximum atomic E-state index is 13.5. The highest BCUT2D eigenvalue weighted by molar-refractivity contribution is 9.10. The summed E-state index contributed by atoms with van der Waals surface area (Å²) < 4.78 is 17.5. The van der Waals surface area contributed by atoms with Crippen molar-refractivity contribution in [2.24, 2.45) is 0 Å². The average Bonchev–Trinajstić information content (AvgIpc) is 2.95. The second-order valence-electron chi connectivity index (χ2n) is 9.48. The summed E-state index contributed by atoms with van der Waals surface area (Å²) in [5, 5.41) is 5.04. The molecule has 5 amide bonds. The quantitative estimate of drug-likeness (QED) is 0.221. The van der Waals surface area contributed by atoms with E-state index in [0.29, 0.717) is 33.8 Å². The molecule has 11 heteroatoms. The monoisotopic (exact) mass is 635 g/mol. The molecule has 10 nitrogen and oxygen atoms in total. The van der Waals surface area contributed by atoms with Crippen LogP contribution in [0.25, 0.3) is 6.08 Å². The second-order valence-corrected chi connectivity index (χ2v) is 10.4. The van der Waals surface area contributed by atoms with Crippen molar-refractivity contribution in [2.45, 2.75) is 27.2 Å². The Balaban J connectivity index is 1.59. The number of hydrogen-bond acceptors (Lipinski definition) is 7. The van der Waals surface area contributed by atoms with Crippen LogP contribution in [0.3, 0.4) is 0 Å². The van der Waals surface area contributed by atoms with Crippen LogP contribution in [-0.2, 0) is 14.4 Å². The Morgan fingerprint density at radius 2 is 1.74 bits per heavy atom. The molecule has 1 aliphatic heterocycles. The van der Waals surface area contributed by atoms with Crippen molar-refractivity contribution >= 4 is 57.1 Å². The lowest BCUT2D eigenvalue weighted by Gasteiger charge is -2.27. The molecule has 0 bridgehead atoms. The third-order valence-corrected chi connectivity index (χ3v) is 6.76. The Hall–Kier alpha value is -4.64. The summed E-state index contributed by atoms with van der Waals surface area (Å²) in [6.07, 6.45) is 2.10. The van der Waals surface area contributed by atoms with Crippen molar-refractivity contribution in [3.63, 3.8) is 0 Å². The molecule has 3 aromatic carbocycles. The number of amides is 5. The Bertz CT molecular complexity index is 1580. The van der Waals surface area contributed by atoms with E-state index in [-0.39, 0.29) is 29.5 Å². The molecule has 2 N–H and O–H groups in total. The second kappa shape index (κ2) is 13.3. The molecule has 0 unspecified atom stereocenters. The molecule has 0 spiro atoms.